The van der Waals surface area contributed by atoms with E-state index < -0.39 is 10.0 Å². The van der Waals surface area contributed by atoms with Crippen molar-refractivity contribution in [3.63, 3.8) is 0 Å². The quantitative estimate of drug-likeness (QED) is 0.899. The molecule has 2 rings (SSSR count). The Kier molecular flexibility index (Phi) is 3.44. The number of benzene rings is 1. The van der Waals surface area contributed by atoms with E-state index in [4.69, 9.17) is 5.73 Å². The number of nitrogens with one attached hydrogen (secondary N) is 1. The van der Waals surface area contributed by atoms with Crippen LogP contribution in [0.2, 0.25) is 0 Å². The lowest BCUT2D eigenvalue weighted by Gasteiger charge is -2.13. The van der Waals surface area contributed by atoms with Crippen molar-refractivity contribution in [3.05, 3.63) is 47.7 Å². The van der Waals surface area contributed by atoms with Crippen molar-refractivity contribution < 1.29 is 8.42 Å². The van der Waals surface area contributed by atoms with Gasteiger partial charge in [0.05, 0.1) is 10.6 Å². The molecule has 0 aliphatic heterocycles. The second-order valence-corrected chi connectivity index (χ2v) is 5.97. The largest absolute Gasteiger partial charge is 0.384 e. The van der Waals surface area contributed by atoms with Gasteiger partial charge >= 0.3 is 0 Å². The summed E-state index contributed by atoms with van der Waals surface area (Å²) in [6, 6.07) is 8.33. The molecule has 0 saturated heterocycles. The van der Waals surface area contributed by atoms with Crippen molar-refractivity contribution in [2.24, 2.45) is 0 Å². The number of anilines is 2. The molecule has 0 amide bonds. The Morgan fingerprint density at radius 2 is 1.79 bits per heavy atom. The number of rotatable bonds is 3. The first-order valence-corrected chi connectivity index (χ1v) is 7.19. The summed E-state index contributed by atoms with van der Waals surface area (Å²) in [6.45, 7) is 3.71. The molecule has 19 heavy (non-hydrogen) atoms. The smallest absolute Gasteiger partial charge is 0.262 e. The summed E-state index contributed by atoms with van der Waals surface area (Å²) in [5.74, 6) is 0.171. The summed E-state index contributed by atoms with van der Waals surface area (Å²) < 4.78 is 27.1. The van der Waals surface area contributed by atoms with E-state index in [9.17, 15) is 8.42 Å². The van der Waals surface area contributed by atoms with Crippen molar-refractivity contribution in [1.82, 2.24) is 4.98 Å². The van der Waals surface area contributed by atoms with Crippen molar-refractivity contribution in [1.29, 1.82) is 0 Å². The van der Waals surface area contributed by atoms with Crippen LogP contribution in [0.15, 0.2) is 41.4 Å². The van der Waals surface area contributed by atoms with E-state index in [0.717, 1.165) is 11.1 Å². The topological polar surface area (TPSA) is 85.1 Å². The summed E-state index contributed by atoms with van der Waals surface area (Å²) in [4.78, 5) is 3.88. The SMILES string of the molecule is Cc1cccc(C)c1NS(=O)(=O)c1ccnc(N)c1. The molecule has 5 nitrogen and oxygen atoms in total. The van der Waals surface area contributed by atoms with Crippen molar-refractivity contribution >= 4 is 21.5 Å². The van der Waals surface area contributed by atoms with Gasteiger partial charge in [-0.15, -0.1) is 0 Å². The fourth-order valence-electron chi connectivity index (χ4n) is 1.76. The van der Waals surface area contributed by atoms with Crippen LogP contribution in [0.5, 0.6) is 0 Å². The molecular formula is C13H15N3O2S. The van der Waals surface area contributed by atoms with Gasteiger partial charge in [0.25, 0.3) is 10.0 Å². The van der Waals surface area contributed by atoms with Gasteiger partial charge in [0.2, 0.25) is 0 Å². The van der Waals surface area contributed by atoms with Crippen molar-refractivity contribution in [2.45, 2.75) is 18.7 Å². The highest BCUT2D eigenvalue weighted by Gasteiger charge is 2.16. The van der Waals surface area contributed by atoms with Crippen molar-refractivity contribution in [2.75, 3.05) is 10.5 Å². The monoisotopic (exact) mass is 277 g/mol. The number of hydrogen-bond donors (Lipinski definition) is 2. The zero-order valence-electron chi connectivity index (χ0n) is 10.7. The molecule has 0 saturated carbocycles. The fraction of sp³-hybridized carbons (Fsp3) is 0.154. The number of aryl methyl sites for hydroxylation is 2. The highest BCUT2D eigenvalue weighted by Crippen LogP contribution is 2.23. The van der Waals surface area contributed by atoms with Gasteiger partial charge in [-0.3, -0.25) is 4.72 Å². The lowest BCUT2D eigenvalue weighted by molar-refractivity contribution is 0.601. The summed E-state index contributed by atoms with van der Waals surface area (Å²) in [5.41, 5.74) is 7.83. The molecule has 2 aromatic rings. The molecule has 0 aliphatic rings. The number of sulfonamides is 1. The Morgan fingerprint density at radius 3 is 2.37 bits per heavy atom. The van der Waals surface area contributed by atoms with E-state index >= 15 is 0 Å². The van der Waals surface area contributed by atoms with E-state index in [1.807, 2.05) is 32.0 Å². The third-order valence-electron chi connectivity index (χ3n) is 2.78. The average molecular weight is 277 g/mol. The minimum atomic E-state index is -3.65. The third-order valence-corrected chi connectivity index (χ3v) is 4.13. The summed E-state index contributed by atoms with van der Waals surface area (Å²) in [7, 11) is -3.65. The number of pyridine rings is 1. The molecular weight excluding hydrogens is 262 g/mol. The molecule has 0 bridgehead atoms. The van der Waals surface area contributed by atoms with Gasteiger partial charge < -0.3 is 5.73 Å². The van der Waals surface area contributed by atoms with E-state index in [0.29, 0.717) is 5.69 Å². The Morgan fingerprint density at radius 1 is 1.16 bits per heavy atom. The number of nitrogens with two attached hydrogens (primary N) is 1. The highest BCUT2D eigenvalue weighted by molar-refractivity contribution is 7.92. The number of aromatic nitrogens is 1. The van der Waals surface area contributed by atoms with Gasteiger partial charge in [-0.2, -0.15) is 0 Å². The molecule has 3 N–H and O–H groups in total. The normalized spacial score (nSPS) is 11.3. The van der Waals surface area contributed by atoms with Crippen LogP contribution >= 0.6 is 0 Å². The Hall–Kier alpha value is -2.08. The van der Waals surface area contributed by atoms with Crippen LogP contribution in [-0.4, -0.2) is 13.4 Å². The van der Waals surface area contributed by atoms with Crippen LogP contribution < -0.4 is 10.5 Å². The molecule has 1 aromatic carbocycles. The number of nitrogens with zero attached hydrogens (tertiary/aromatic N) is 1. The first-order valence-electron chi connectivity index (χ1n) is 5.71. The van der Waals surface area contributed by atoms with E-state index in [1.165, 1.54) is 18.3 Å². The van der Waals surface area contributed by atoms with E-state index in [1.54, 1.807) is 0 Å². The highest BCUT2D eigenvalue weighted by atomic mass is 32.2. The molecule has 6 heteroatoms. The molecule has 0 radical (unpaired) electrons. The van der Waals surface area contributed by atoms with Gasteiger partial charge in [-0.25, -0.2) is 13.4 Å². The summed E-state index contributed by atoms with van der Waals surface area (Å²) in [5, 5.41) is 0. The first kappa shape index (κ1) is 13.4. The lowest BCUT2D eigenvalue weighted by atomic mass is 10.1. The second kappa shape index (κ2) is 4.89. The van der Waals surface area contributed by atoms with Gasteiger partial charge in [0, 0.05) is 12.3 Å². The Labute approximate surface area is 112 Å². The Balaban J connectivity index is 2.42. The minimum Gasteiger partial charge on any atom is -0.384 e. The van der Waals surface area contributed by atoms with Gasteiger partial charge in [-0.1, -0.05) is 18.2 Å². The molecule has 0 fully saturated rings. The standard InChI is InChI=1S/C13H15N3O2S/c1-9-4-3-5-10(2)13(9)16-19(17,18)11-6-7-15-12(14)8-11/h3-8,16H,1-2H3,(H2,14,15). The molecule has 1 heterocycles. The van der Waals surface area contributed by atoms with Gasteiger partial charge in [0.1, 0.15) is 5.82 Å². The number of para-hydroxylation sites is 1. The predicted octanol–water partition coefficient (Wildman–Crippen LogP) is 2.08. The Bertz CT molecular complexity index is 691. The second-order valence-electron chi connectivity index (χ2n) is 4.29. The van der Waals surface area contributed by atoms with Gasteiger partial charge in [0.15, 0.2) is 0 Å². The molecule has 0 spiro atoms. The zero-order chi connectivity index (χ0) is 14.0. The predicted molar refractivity (Wildman–Crippen MR) is 75.4 cm³/mol. The number of nitrogen functional groups attached to an aromatic ring is 1. The van der Waals surface area contributed by atoms with Crippen molar-refractivity contribution in [3.8, 4) is 0 Å². The van der Waals surface area contributed by atoms with Crippen LogP contribution in [0.25, 0.3) is 0 Å². The maximum atomic E-state index is 12.3. The van der Waals surface area contributed by atoms with E-state index in [2.05, 4.69) is 9.71 Å². The molecule has 0 unspecified atom stereocenters. The number of hydrogen-bond acceptors (Lipinski definition) is 4. The molecule has 0 aliphatic carbocycles. The summed E-state index contributed by atoms with van der Waals surface area (Å²) >= 11 is 0. The van der Waals surface area contributed by atoms with Gasteiger partial charge in [-0.05, 0) is 31.0 Å². The third kappa shape index (κ3) is 2.85. The molecule has 0 atom stereocenters. The lowest BCUT2D eigenvalue weighted by Crippen LogP contribution is -2.15. The average Bonchev–Trinajstić information content (AvgIpc) is 2.34. The zero-order valence-corrected chi connectivity index (χ0v) is 11.5. The maximum absolute atomic E-state index is 12.3. The van der Waals surface area contributed by atoms with Crippen LogP contribution in [0.3, 0.4) is 0 Å². The maximum Gasteiger partial charge on any atom is 0.262 e. The minimum absolute atomic E-state index is 0.0997. The van der Waals surface area contributed by atoms with Crippen LogP contribution in [-0.2, 0) is 10.0 Å². The van der Waals surface area contributed by atoms with Crippen LogP contribution in [0.1, 0.15) is 11.1 Å². The van der Waals surface area contributed by atoms with E-state index in [-0.39, 0.29) is 10.7 Å². The first-order chi connectivity index (χ1) is 8.90. The fourth-order valence-corrected chi connectivity index (χ4v) is 2.99. The van der Waals surface area contributed by atoms with Crippen LogP contribution in [0, 0.1) is 13.8 Å². The van der Waals surface area contributed by atoms with Crippen LogP contribution in [0.4, 0.5) is 11.5 Å². The summed E-state index contributed by atoms with van der Waals surface area (Å²) in [6.07, 6.45) is 1.37. The molecule has 1 aromatic heterocycles. The molecule has 100 valence electrons.